The number of benzene rings is 2. The van der Waals surface area contributed by atoms with E-state index in [1.54, 1.807) is 30.3 Å². The van der Waals surface area contributed by atoms with Gasteiger partial charge in [0, 0.05) is 12.1 Å². The van der Waals surface area contributed by atoms with Crippen molar-refractivity contribution in [3.8, 4) is 28.6 Å². The Morgan fingerprint density at radius 3 is 2.69 bits per heavy atom. The number of unbranched alkanes of at least 4 members (excludes halogenated alkanes) is 1. The van der Waals surface area contributed by atoms with Gasteiger partial charge in [0.25, 0.3) is 0 Å². The van der Waals surface area contributed by atoms with Gasteiger partial charge in [0.1, 0.15) is 18.1 Å². The molecule has 0 unspecified atom stereocenters. The summed E-state index contributed by atoms with van der Waals surface area (Å²) >= 11 is 6.28. The first kappa shape index (κ1) is 24.5. The van der Waals surface area contributed by atoms with Gasteiger partial charge in [-0.15, -0.1) is 0 Å². The molecule has 2 heterocycles. The third-order valence-electron chi connectivity index (χ3n) is 6.31. The molecule has 5 rings (SSSR count). The number of carbonyl (C=O) groups excluding carboxylic acids is 1. The molecule has 1 saturated carbocycles. The fourth-order valence-electron chi connectivity index (χ4n) is 4.21. The summed E-state index contributed by atoms with van der Waals surface area (Å²) in [5.74, 6) is 1.61. The number of fused-ring (bicyclic) bond motifs is 2. The Balaban J connectivity index is 1.24. The van der Waals surface area contributed by atoms with Crippen LogP contribution in [0.4, 0.5) is 0 Å². The molecule has 0 atom stereocenters. The second-order valence-corrected chi connectivity index (χ2v) is 9.23. The fourth-order valence-corrected chi connectivity index (χ4v) is 4.42. The molecule has 0 N–H and O–H groups in total. The standard InChI is InChI=1S/C27H27ClO8/c1-2-3-7-33-27(30)16-10-17(11-16)31-8-9-32-22-14-25-24(34-15-35-25)12-19(22)23-13-21(29)18-5-4-6-20(28)26(18)36-23/h4-6,12-14,16-17H,2-3,7-11,15H2,1H3. The summed E-state index contributed by atoms with van der Waals surface area (Å²) in [6.45, 7) is 3.23. The number of ether oxygens (including phenoxy) is 5. The zero-order valence-electron chi connectivity index (χ0n) is 19.9. The Hall–Kier alpha value is -3.23. The van der Waals surface area contributed by atoms with Gasteiger partial charge in [-0.2, -0.15) is 0 Å². The molecule has 2 aromatic carbocycles. The summed E-state index contributed by atoms with van der Waals surface area (Å²) in [6.07, 6.45) is 3.20. The second-order valence-electron chi connectivity index (χ2n) is 8.82. The van der Waals surface area contributed by atoms with Crippen LogP contribution in [0.25, 0.3) is 22.3 Å². The van der Waals surface area contributed by atoms with Crippen LogP contribution in [0.1, 0.15) is 32.6 Å². The van der Waals surface area contributed by atoms with Crippen LogP contribution in [0.3, 0.4) is 0 Å². The van der Waals surface area contributed by atoms with Crippen molar-refractivity contribution in [2.75, 3.05) is 26.6 Å². The minimum atomic E-state index is -0.214. The third-order valence-corrected chi connectivity index (χ3v) is 6.61. The summed E-state index contributed by atoms with van der Waals surface area (Å²) in [6, 6.07) is 9.88. The molecule has 0 saturated heterocycles. The van der Waals surface area contributed by atoms with Gasteiger partial charge in [-0.1, -0.05) is 31.0 Å². The number of hydrogen-bond acceptors (Lipinski definition) is 8. The van der Waals surface area contributed by atoms with Crippen molar-refractivity contribution < 1.29 is 32.9 Å². The zero-order valence-corrected chi connectivity index (χ0v) is 20.7. The van der Waals surface area contributed by atoms with E-state index >= 15 is 0 Å². The van der Waals surface area contributed by atoms with Crippen LogP contribution in [0, 0.1) is 5.92 Å². The molecular weight excluding hydrogens is 488 g/mol. The Kier molecular flexibility index (Phi) is 7.34. The molecule has 1 aliphatic heterocycles. The predicted molar refractivity (Wildman–Crippen MR) is 133 cm³/mol. The van der Waals surface area contributed by atoms with E-state index in [1.165, 1.54) is 6.07 Å². The number of para-hydroxylation sites is 1. The maximum absolute atomic E-state index is 12.7. The minimum absolute atomic E-state index is 0.00852. The van der Waals surface area contributed by atoms with Gasteiger partial charge in [-0.05, 0) is 37.5 Å². The van der Waals surface area contributed by atoms with Crippen LogP contribution in [0.5, 0.6) is 17.2 Å². The van der Waals surface area contributed by atoms with E-state index in [-0.39, 0.29) is 36.8 Å². The number of rotatable bonds is 10. The average molecular weight is 515 g/mol. The normalized spacial score (nSPS) is 18.2. The lowest BCUT2D eigenvalue weighted by molar-refractivity contribution is -0.158. The van der Waals surface area contributed by atoms with E-state index in [2.05, 4.69) is 6.92 Å². The van der Waals surface area contributed by atoms with Crippen LogP contribution < -0.4 is 19.6 Å². The van der Waals surface area contributed by atoms with Crippen LogP contribution >= 0.6 is 11.6 Å². The minimum Gasteiger partial charge on any atom is -0.490 e. The van der Waals surface area contributed by atoms with Crippen molar-refractivity contribution >= 4 is 28.5 Å². The Bertz CT molecular complexity index is 1310. The monoisotopic (exact) mass is 514 g/mol. The van der Waals surface area contributed by atoms with Crippen molar-refractivity contribution in [1.29, 1.82) is 0 Å². The van der Waals surface area contributed by atoms with Gasteiger partial charge in [0.15, 0.2) is 22.5 Å². The maximum atomic E-state index is 12.7. The molecule has 3 aromatic rings. The predicted octanol–water partition coefficient (Wildman–Crippen LogP) is 5.36. The first-order chi connectivity index (χ1) is 17.5. The summed E-state index contributed by atoms with van der Waals surface area (Å²) in [4.78, 5) is 24.7. The molecule has 36 heavy (non-hydrogen) atoms. The van der Waals surface area contributed by atoms with E-state index in [1.807, 2.05) is 0 Å². The molecule has 1 aliphatic carbocycles. The quantitative estimate of drug-likeness (QED) is 0.264. The lowest BCUT2D eigenvalue weighted by Crippen LogP contribution is -2.38. The number of carbonyl (C=O) groups is 1. The third kappa shape index (κ3) is 5.15. The Labute approximate surface area is 213 Å². The SMILES string of the molecule is CCCCOC(=O)C1CC(OCCOc2cc3c(cc2-c2cc(=O)c4cccc(Cl)c4o2)OCO3)C1. The molecule has 0 bridgehead atoms. The van der Waals surface area contributed by atoms with E-state index < -0.39 is 0 Å². The van der Waals surface area contributed by atoms with Crippen LogP contribution in [-0.4, -0.2) is 38.7 Å². The molecule has 190 valence electrons. The van der Waals surface area contributed by atoms with Gasteiger partial charge in [0.2, 0.25) is 6.79 Å². The number of esters is 1. The molecule has 0 radical (unpaired) electrons. The van der Waals surface area contributed by atoms with Crippen molar-refractivity contribution in [1.82, 2.24) is 0 Å². The van der Waals surface area contributed by atoms with Crippen molar-refractivity contribution in [3.63, 3.8) is 0 Å². The maximum Gasteiger partial charge on any atom is 0.309 e. The fraction of sp³-hybridized carbons (Fsp3) is 0.407. The highest BCUT2D eigenvalue weighted by Gasteiger charge is 2.36. The highest BCUT2D eigenvalue weighted by molar-refractivity contribution is 6.34. The summed E-state index contributed by atoms with van der Waals surface area (Å²) in [5, 5.41) is 0.743. The smallest absolute Gasteiger partial charge is 0.309 e. The molecule has 1 aromatic heterocycles. The van der Waals surface area contributed by atoms with Crippen molar-refractivity contribution in [2.24, 2.45) is 5.92 Å². The van der Waals surface area contributed by atoms with Gasteiger partial charge >= 0.3 is 5.97 Å². The molecule has 0 amide bonds. The Morgan fingerprint density at radius 2 is 1.89 bits per heavy atom. The van der Waals surface area contributed by atoms with Gasteiger partial charge < -0.3 is 28.1 Å². The lowest BCUT2D eigenvalue weighted by Gasteiger charge is -2.33. The highest BCUT2D eigenvalue weighted by Crippen LogP contribution is 2.43. The zero-order chi connectivity index (χ0) is 25.1. The molecule has 1 fully saturated rings. The molecule has 9 heteroatoms. The lowest BCUT2D eigenvalue weighted by atomic mass is 9.82. The first-order valence-electron chi connectivity index (χ1n) is 12.1. The Morgan fingerprint density at radius 1 is 1.08 bits per heavy atom. The average Bonchev–Trinajstić information content (AvgIpc) is 3.30. The van der Waals surface area contributed by atoms with Crippen molar-refractivity contribution in [2.45, 2.75) is 38.7 Å². The largest absolute Gasteiger partial charge is 0.490 e. The summed E-state index contributed by atoms with van der Waals surface area (Å²) < 4.78 is 34.2. The topological polar surface area (TPSA) is 93.4 Å². The van der Waals surface area contributed by atoms with E-state index in [0.717, 1.165) is 12.8 Å². The van der Waals surface area contributed by atoms with E-state index in [0.29, 0.717) is 70.6 Å². The van der Waals surface area contributed by atoms with Crippen LogP contribution in [0.15, 0.2) is 45.6 Å². The number of halogens is 1. The summed E-state index contributed by atoms with van der Waals surface area (Å²) in [5.41, 5.74) is 0.631. The molecule has 0 spiro atoms. The van der Waals surface area contributed by atoms with E-state index in [4.69, 9.17) is 39.7 Å². The van der Waals surface area contributed by atoms with Gasteiger partial charge in [-0.3, -0.25) is 9.59 Å². The number of hydrogen-bond donors (Lipinski definition) is 0. The molecular formula is C27H27ClO8. The second kappa shape index (κ2) is 10.8. The molecule has 2 aliphatic rings. The van der Waals surface area contributed by atoms with Crippen LogP contribution in [0.2, 0.25) is 5.02 Å². The molecule has 8 nitrogen and oxygen atoms in total. The summed E-state index contributed by atoms with van der Waals surface area (Å²) in [7, 11) is 0. The first-order valence-corrected chi connectivity index (χ1v) is 12.5. The highest BCUT2D eigenvalue weighted by atomic mass is 35.5. The van der Waals surface area contributed by atoms with Crippen LogP contribution in [-0.2, 0) is 14.3 Å². The van der Waals surface area contributed by atoms with Gasteiger partial charge in [0.05, 0.1) is 41.2 Å². The van der Waals surface area contributed by atoms with E-state index in [9.17, 15) is 9.59 Å². The van der Waals surface area contributed by atoms with Gasteiger partial charge in [-0.25, -0.2) is 0 Å². The van der Waals surface area contributed by atoms with Crippen molar-refractivity contribution in [3.05, 3.63) is 51.6 Å².